The SMILES string of the molecule is COC(=O)/C=C(\C)c1ccc(-c2cccc(C(=O)O)c2)cc1. The first-order valence-electron chi connectivity index (χ1n) is 6.71. The van der Waals surface area contributed by atoms with Crippen LogP contribution in [0.5, 0.6) is 0 Å². The van der Waals surface area contributed by atoms with Gasteiger partial charge in [0.05, 0.1) is 12.7 Å². The van der Waals surface area contributed by atoms with Crippen LogP contribution in [0.3, 0.4) is 0 Å². The number of methoxy groups -OCH3 is 1. The summed E-state index contributed by atoms with van der Waals surface area (Å²) in [5.41, 5.74) is 3.71. The molecule has 112 valence electrons. The van der Waals surface area contributed by atoms with Crippen molar-refractivity contribution in [2.75, 3.05) is 7.11 Å². The monoisotopic (exact) mass is 296 g/mol. The van der Waals surface area contributed by atoms with Crippen molar-refractivity contribution in [1.82, 2.24) is 0 Å². The van der Waals surface area contributed by atoms with Gasteiger partial charge in [-0.1, -0.05) is 36.4 Å². The Morgan fingerprint density at radius 1 is 1.00 bits per heavy atom. The molecule has 0 atom stereocenters. The normalized spacial score (nSPS) is 11.1. The molecule has 4 nitrogen and oxygen atoms in total. The second-order valence-corrected chi connectivity index (χ2v) is 4.81. The van der Waals surface area contributed by atoms with Crippen molar-refractivity contribution in [3.8, 4) is 11.1 Å². The Morgan fingerprint density at radius 2 is 1.68 bits per heavy atom. The molecule has 4 heteroatoms. The van der Waals surface area contributed by atoms with E-state index in [2.05, 4.69) is 4.74 Å². The molecule has 0 amide bonds. The van der Waals surface area contributed by atoms with E-state index in [4.69, 9.17) is 5.11 Å². The average molecular weight is 296 g/mol. The second kappa shape index (κ2) is 6.72. The summed E-state index contributed by atoms with van der Waals surface area (Å²) in [6.07, 6.45) is 1.43. The van der Waals surface area contributed by atoms with Crippen molar-refractivity contribution < 1.29 is 19.4 Å². The topological polar surface area (TPSA) is 63.6 Å². The molecule has 0 aromatic heterocycles. The van der Waals surface area contributed by atoms with Gasteiger partial charge in [0, 0.05) is 6.08 Å². The minimum absolute atomic E-state index is 0.253. The molecule has 0 radical (unpaired) electrons. The van der Waals surface area contributed by atoms with Crippen LogP contribution in [0.4, 0.5) is 0 Å². The second-order valence-electron chi connectivity index (χ2n) is 4.81. The molecule has 0 saturated heterocycles. The summed E-state index contributed by atoms with van der Waals surface area (Å²) in [5.74, 6) is -1.34. The first-order chi connectivity index (χ1) is 10.5. The molecule has 2 aromatic rings. The summed E-state index contributed by atoms with van der Waals surface area (Å²) >= 11 is 0. The molecule has 0 aliphatic carbocycles. The molecular formula is C18H16O4. The maximum atomic E-state index is 11.2. The Morgan fingerprint density at radius 3 is 2.27 bits per heavy atom. The van der Waals surface area contributed by atoms with Gasteiger partial charge in [-0.15, -0.1) is 0 Å². The van der Waals surface area contributed by atoms with Crippen LogP contribution in [0, 0.1) is 0 Å². The van der Waals surface area contributed by atoms with E-state index in [0.29, 0.717) is 0 Å². The molecule has 1 N–H and O–H groups in total. The minimum atomic E-state index is -0.949. The van der Waals surface area contributed by atoms with Crippen LogP contribution < -0.4 is 0 Å². The number of hydrogen-bond acceptors (Lipinski definition) is 3. The van der Waals surface area contributed by atoms with Crippen molar-refractivity contribution >= 4 is 17.5 Å². The van der Waals surface area contributed by atoms with Crippen LogP contribution in [-0.4, -0.2) is 24.2 Å². The quantitative estimate of drug-likeness (QED) is 0.691. The minimum Gasteiger partial charge on any atom is -0.478 e. The van der Waals surface area contributed by atoms with Gasteiger partial charge in [0.15, 0.2) is 0 Å². The molecule has 0 aliphatic rings. The van der Waals surface area contributed by atoms with Crippen LogP contribution >= 0.6 is 0 Å². The van der Waals surface area contributed by atoms with Crippen LogP contribution in [0.15, 0.2) is 54.6 Å². The Labute approximate surface area is 128 Å². The van der Waals surface area contributed by atoms with Crippen LogP contribution in [0.1, 0.15) is 22.8 Å². The van der Waals surface area contributed by atoms with Gasteiger partial charge < -0.3 is 9.84 Å². The summed E-state index contributed by atoms with van der Waals surface area (Å²) < 4.78 is 4.60. The first kappa shape index (κ1) is 15.5. The molecule has 0 unspecified atom stereocenters. The van der Waals surface area contributed by atoms with Crippen molar-refractivity contribution in [2.45, 2.75) is 6.92 Å². The molecule has 22 heavy (non-hydrogen) atoms. The fourth-order valence-corrected chi connectivity index (χ4v) is 2.08. The molecule has 0 heterocycles. The molecule has 0 fully saturated rings. The zero-order valence-electron chi connectivity index (χ0n) is 12.4. The van der Waals surface area contributed by atoms with E-state index in [1.807, 2.05) is 37.3 Å². The third-order valence-electron chi connectivity index (χ3n) is 3.32. The van der Waals surface area contributed by atoms with Gasteiger partial charge in [-0.25, -0.2) is 9.59 Å². The summed E-state index contributed by atoms with van der Waals surface area (Å²) in [5, 5.41) is 9.03. The Balaban J connectivity index is 2.29. The Hall–Kier alpha value is -2.88. The smallest absolute Gasteiger partial charge is 0.335 e. The molecule has 0 bridgehead atoms. The van der Waals surface area contributed by atoms with Gasteiger partial charge >= 0.3 is 11.9 Å². The highest BCUT2D eigenvalue weighted by atomic mass is 16.5. The van der Waals surface area contributed by atoms with Gasteiger partial charge in [0.2, 0.25) is 0 Å². The van der Waals surface area contributed by atoms with E-state index in [-0.39, 0.29) is 5.56 Å². The van der Waals surface area contributed by atoms with Crippen LogP contribution in [0.2, 0.25) is 0 Å². The lowest BCUT2D eigenvalue weighted by Crippen LogP contribution is -1.96. The number of rotatable bonds is 4. The third-order valence-corrected chi connectivity index (χ3v) is 3.32. The molecule has 0 aliphatic heterocycles. The van der Waals surface area contributed by atoms with Crippen LogP contribution in [-0.2, 0) is 9.53 Å². The number of carbonyl (C=O) groups excluding carboxylic acids is 1. The maximum absolute atomic E-state index is 11.2. The molecule has 2 rings (SSSR count). The lowest BCUT2D eigenvalue weighted by Gasteiger charge is -2.06. The number of esters is 1. The number of allylic oxidation sites excluding steroid dienone is 1. The fraction of sp³-hybridized carbons (Fsp3) is 0.111. The van der Waals surface area contributed by atoms with E-state index in [1.165, 1.54) is 13.2 Å². The lowest BCUT2D eigenvalue weighted by atomic mass is 9.99. The number of aromatic carboxylic acids is 1. The number of hydrogen-bond donors (Lipinski definition) is 1. The van der Waals surface area contributed by atoms with Gasteiger partial charge in [0.1, 0.15) is 0 Å². The number of carboxylic acids is 1. The largest absolute Gasteiger partial charge is 0.478 e. The zero-order chi connectivity index (χ0) is 16.1. The zero-order valence-corrected chi connectivity index (χ0v) is 12.4. The number of carboxylic acid groups (broad SMARTS) is 1. The standard InChI is InChI=1S/C18H16O4/c1-12(10-17(19)22-2)13-6-8-14(9-7-13)15-4-3-5-16(11-15)18(20)21/h3-11H,1-2H3,(H,20,21)/b12-10+. The van der Waals surface area contributed by atoms with E-state index < -0.39 is 11.9 Å². The van der Waals surface area contributed by atoms with Gasteiger partial charge in [-0.3, -0.25) is 0 Å². The Kier molecular flexibility index (Phi) is 4.73. The highest BCUT2D eigenvalue weighted by Gasteiger charge is 2.05. The van der Waals surface area contributed by atoms with E-state index in [9.17, 15) is 9.59 Å². The Bertz CT molecular complexity index is 727. The predicted octanol–water partition coefficient (Wildman–Crippen LogP) is 3.63. The number of benzene rings is 2. The number of carbonyl (C=O) groups is 2. The highest BCUT2D eigenvalue weighted by molar-refractivity contribution is 5.91. The van der Waals surface area contributed by atoms with E-state index >= 15 is 0 Å². The van der Waals surface area contributed by atoms with Gasteiger partial charge in [-0.05, 0) is 41.3 Å². The van der Waals surface area contributed by atoms with Gasteiger partial charge in [0.25, 0.3) is 0 Å². The average Bonchev–Trinajstić information content (AvgIpc) is 2.55. The number of ether oxygens (including phenoxy) is 1. The fourth-order valence-electron chi connectivity index (χ4n) is 2.08. The first-order valence-corrected chi connectivity index (χ1v) is 6.71. The highest BCUT2D eigenvalue weighted by Crippen LogP contribution is 2.23. The maximum Gasteiger partial charge on any atom is 0.335 e. The third kappa shape index (κ3) is 3.61. The summed E-state index contributed by atoms with van der Waals surface area (Å²) in [6.45, 7) is 1.83. The van der Waals surface area contributed by atoms with Crippen molar-refractivity contribution in [1.29, 1.82) is 0 Å². The summed E-state index contributed by atoms with van der Waals surface area (Å²) in [6, 6.07) is 14.3. The lowest BCUT2D eigenvalue weighted by molar-refractivity contribution is -0.134. The summed E-state index contributed by atoms with van der Waals surface area (Å²) in [7, 11) is 1.34. The molecule has 0 spiro atoms. The van der Waals surface area contributed by atoms with E-state index in [1.54, 1.807) is 18.2 Å². The van der Waals surface area contributed by atoms with E-state index in [0.717, 1.165) is 22.3 Å². The molecule has 2 aromatic carbocycles. The van der Waals surface area contributed by atoms with Crippen molar-refractivity contribution in [3.63, 3.8) is 0 Å². The van der Waals surface area contributed by atoms with Crippen molar-refractivity contribution in [3.05, 3.63) is 65.7 Å². The summed E-state index contributed by atoms with van der Waals surface area (Å²) in [4.78, 5) is 22.2. The van der Waals surface area contributed by atoms with Crippen molar-refractivity contribution in [2.24, 2.45) is 0 Å². The van der Waals surface area contributed by atoms with Gasteiger partial charge in [-0.2, -0.15) is 0 Å². The predicted molar refractivity (Wildman–Crippen MR) is 84.5 cm³/mol. The molecule has 0 saturated carbocycles. The van der Waals surface area contributed by atoms with Crippen LogP contribution in [0.25, 0.3) is 16.7 Å². The molecular weight excluding hydrogens is 280 g/mol.